The summed E-state index contributed by atoms with van der Waals surface area (Å²) in [6.45, 7) is 4.16. The summed E-state index contributed by atoms with van der Waals surface area (Å²) in [5.74, 6) is 0.387. The van der Waals surface area contributed by atoms with Crippen molar-refractivity contribution >= 4 is 17.3 Å². The van der Waals surface area contributed by atoms with Crippen molar-refractivity contribution in [3.63, 3.8) is 0 Å². The molecule has 0 aliphatic rings. The summed E-state index contributed by atoms with van der Waals surface area (Å²) in [6.07, 6.45) is -2.94. The second-order valence-corrected chi connectivity index (χ2v) is 5.64. The molecule has 0 aliphatic carbocycles. The minimum absolute atomic E-state index is 0.205. The lowest BCUT2D eigenvalue weighted by atomic mass is 10.2. The van der Waals surface area contributed by atoms with Crippen LogP contribution in [0.1, 0.15) is 35.9 Å². The summed E-state index contributed by atoms with van der Waals surface area (Å²) in [4.78, 5) is 9.66. The van der Waals surface area contributed by atoms with Crippen LogP contribution in [0.15, 0.2) is 5.38 Å². The van der Waals surface area contributed by atoms with Gasteiger partial charge in [0.25, 0.3) is 0 Å². The third-order valence-electron chi connectivity index (χ3n) is 3.05. The van der Waals surface area contributed by atoms with Gasteiger partial charge in [0.15, 0.2) is 5.69 Å². The van der Waals surface area contributed by atoms with Crippen LogP contribution in [-0.2, 0) is 25.6 Å². The number of anilines is 1. The molecule has 120 valence electrons. The first-order chi connectivity index (χ1) is 10.3. The Hall–Kier alpha value is -1.77. The minimum Gasteiger partial charge on any atom is -0.336 e. The molecular weight excluding hydrogens is 315 g/mol. The Morgan fingerprint density at radius 3 is 2.32 bits per heavy atom. The van der Waals surface area contributed by atoms with E-state index < -0.39 is 11.9 Å². The minimum atomic E-state index is -4.41. The fourth-order valence-corrected chi connectivity index (χ4v) is 2.73. The summed E-state index contributed by atoms with van der Waals surface area (Å²) in [5.41, 5.74) is 0.832. The molecule has 0 spiro atoms. The van der Waals surface area contributed by atoms with Gasteiger partial charge in [-0.15, -0.1) is 16.4 Å². The van der Waals surface area contributed by atoms with E-state index >= 15 is 0 Å². The van der Waals surface area contributed by atoms with Crippen LogP contribution in [0.4, 0.5) is 19.1 Å². The van der Waals surface area contributed by atoms with Crippen LogP contribution >= 0.6 is 11.3 Å². The van der Waals surface area contributed by atoms with E-state index in [0.29, 0.717) is 11.0 Å². The Morgan fingerprint density at radius 1 is 1.09 bits per heavy atom. The molecule has 2 rings (SSSR count). The van der Waals surface area contributed by atoms with E-state index in [1.807, 2.05) is 13.8 Å². The highest BCUT2D eigenvalue weighted by atomic mass is 32.1. The number of alkyl halides is 3. The van der Waals surface area contributed by atoms with Gasteiger partial charge in [0, 0.05) is 12.4 Å². The highest BCUT2D eigenvalue weighted by Gasteiger charge is 2.33. The second-order valence-electron chi connectivity index (χ2n) is 4.69. The van der Waals surface area contributed by atoms with E-state index in [1.165, 1.54) is 0 Å². The largest absolute Gasteiger partial charge is 0.434 e. The number of aromatic nitrogens is 4. The number of aryl methyl sites for hydroxylation is 2. The van der Waals surface area contributed by atoms with E-state index in [1.54, 1.807) is 11.9 Å². The highest BCUT2D eigenvalue weighted by molar-refractivity contribution is 7.09. The van der Waals surface area contributed by atoms with Crippen molar-refractivity contribution in [3.05, 3.63) is 27.5 Å². The van der Waals surface area contributed by atoms with Crippen molar-refractivity contribution in [1.29, 1.82) is 0 Å². The summed E-state index contributed by atoms with van der Waals surface area (Å²) in [7, 11) is 1.71. The second kappa shape index (κ2) is 6.55. The maximum absolute atomic E-state index is 12.5. The molecule has 0 N–H and O–H groups in total. The normalized spacial score (nSPS) is 11.7. The monoisotopic (exact) mass is 331 g/mol. The fraction of sp³-hybridized carbons (Fsp3) is 0.538. The van der Waals surface area contributed by atoms with Crippen molar-refractivity contribution in [2.75, 3.05) is 11.9 Å². The van der Waals surface area contributed by atoms with Crippen LogP contribution in [0.3, 0.4) is 0 Å². The molecule has 0 aliphatic heterocycles. The van der Waals surface area contributed by atoms with Crippen molar-refractivity contribution < 1.29 is 13.2 Å². The smallest absolute Gasteiger partial charge is 0.336 e. The van der Waals surface area contributed by atoms with Gasteiger partial charge in [-0.2, -0.15) is 18.3 Å². The van der Waals surface area contributed by atoms with Gasteiger partial charge in [-0.3, -0.25) is 0 Å². The lowest BCUT2D eigenvalue weighted by Gasteiger charge is -2.16. The van der Waals surface area contributed by atoms with E-state index in [9.17, 15) is 13.2 Å². The molecule has 5 nitrogen and oxygen atoms in total. The van der Waals surface area contributed by atoms with E-state index in [4.69, 9.17) is 0 Å². The Kier molecular flexibility index (Phi) is 4.94. The average molecular weight is 331 g/mol. The number of thiazole rings is 1. The molecule has 2 aromatic heterocycles. The molecule has 0 radical (unpaired) electrons. The van der Waals surface area contributed by atoms with Gasteiger partial charge in [0.2, 0.25) is 5.95 Å². The number of rotatable bonds is 5. The molecule has 0 fully saturated rings. The Bertz CT molecular complexity index is 641. The van der Waals surface area contributed by atoms with Crippen LogP contribution in [0.2, 0.25) is 0 Å². The quantitative estimate of drug-likeness (QED) is 0.843. The van der Waals surface area contributed by atoms with Gasteiger partial charge in [0.1, 0.15) is 5.01 Å². The summed E-state index contributed by atoms with van der Waals surface area (Å²) >= 11 is 0.968. The predicted molar refractivity (Wildman–Crippen MR) is 77.8 cm³/mol. The first-order valence-corrected chi connectivity index (χ1v) is 7.68. The summed E-state index contributed by atoms with van der Waals surface area (Å²) in [6, 6.07) is 0. The molecule has 0 atom stereocenters. The van der Waals surface area contributed by atoms with Crippen LogP contribution in [-0.4, -0.2) is 27.2 Å². The molecule has 0 saturated carbocycles. The highest BCUT2D eigenvalue weighted by Crippen LogP contribution is 2.30. The number of hydrogen-bond acceptors (Lipinski definition) is 6. The predicted octanol–water partition coefficient (Wildman–Crippen LogP) is 3.11. The molecule has 0 aromatic carbocycles. The van der Waals surface area contributed by atoms with Crippen LogP contribution in [0, 0.1) is 0 Å². The van der Waals surface area contributed by atoms with Gasteiger partial charge < -0.3 is 4.90 Å². The third-order valence-corrected chi connectivity index (χ3v) is 3.89. The van der Waals surface area contributed by atoms with Crippen molar-refractivity contribution in [2.45, 2.75) is 39.4 Å². The van der Waals surface area contributed by atoms with Crippen LogP contribution in [0.25, 0.3) is 0 Å². The van der Waals surface area contributed by atoms with Crippen LogP contribution in [0.5, 0.6) is 0 Å². The van der Waals surface area contributed by atoms with E-state index in [0.717, 1.165) is 40.9 Å². The molecule has 0 bridgehead atoms. The molecular formula is C13H16F3N5S. The molecule has 2 aromatic rings. The Balaban J connectivity index is 2.15. The van der Waals surface area contributed by atoms with Crippen molar-refractivity contribution in [3.8, 4) is 0 Å². The number of halogens is 3. The lowest BCUT2D eigenvalue weighted by Crippen LogP contribution is -2.21. The standard InChI is InChI=1S/C13H16F3N5S/c1-4-8-9(5-2)19-20-12(17-8)21(3)6-11-18-10(7-22-11)13(14,15)16/h7H,4-6H2,1-3H3. The van der Waals surface area contributed by atoms with E-state index in [2.05, 4.69) is 20.2 Å². The van der Waals surface area contributed by atoms with Crippen LogP contribution < -0.4 is 4.90 Å². The zero-order chi connectivity index (χ0) is 16.3. The number of hydrogen-bond donors (Lipinski definition) is 0. The van der Waals surface area contributed by atoms with Crippen molar-refractivity contribution in [1.82, 2.24) is 20.2 Å². The first-order valence-electron chi connectivity index (χ1n) is 6.80. The molecule has 9 heteroatoms. The topological polar surface area (TPSA) is 54.8 Å². The zero-order valence-electron chi connectivity index (χ0n) is 12.5. The lowest BCUT2D eigenvalue weighted by molar-refractivity contribution is -0.140. The third kappa shape index (κ3) is 3.70. The maximum Gasteiger partial charge on any atom is 0.434 e. The Labute approximate surface area is 130 Å². The number of nitrogens with zero attached hydrogens (tertiary/aromatic N) is 5. The molecule has 2 heterocycles. The van der Waals surface area contributed by atoms with Gasteiger partial charge in [0.05, 0.1) is 17.9 Å². The van der Waals surface area contributed by atoms with E-state index in [-0.39, 0.29) is 6.54 Å². The summed E-state index contributed by atoms with van der Waals surface area (Å²) in [5, 5.41) is 9.52. The zero-order valence-corrected chi connectivity index (χ0v) is 13.3. The summed E-state index contributed by atoms with van der Waals surface area (Å²) < 4.78 is 37.6. The van der Waals surface area contributed by atoms with Gasteiger partial charge in [-0.25, -0.2) is 9.97 Å². The average Bonchev–Trinajstić information content (AvgIpc) is 2.95. The molecule has 22 heavy (non-hydrogen) atoms. The fourth-order valence-electron chi connectivity index (χ4n) is 1.88. The molecule has 0 saturated heterocycles. The molecule has 0 amide bonds. The van der Waals surface area contributed by atoms with Gasteiger partial charge in [-0.05, 0) is 12.8 Å². The molecule has 0 unspecified atom stereocenters. The Morgan fingerprint density at radius 2 is 1.77 bits per heavy atom. The van der Waals surface area contributed by atoms with Gasteiger partial charge in [-0.1, -0.05) is 13.8 Å². The SMILES string of the molecule is CCc1nnc(N(C)Cc2nc(C(F)(F)F)cs2)nc1CC. The maximum atomic E-state index is 12.5. The first kappa shape index (κ1) is 16.6. The van der Waals surface area contributed by atoms with Crippen molar-refractivity contribution in [2.24, 2.45) is 0 Å². The van der Waals surface area contributed by atoms with Gasteiger partial charge >= 0.3 is 6.18 Å².